The van der Waals surface area contributed by atoms with Crippen molar-refractivity contribution in [2.75, 3.05) is 11.9 Å². The summed E-state index contributed by atoms with van der Waals surface area (Å²) in [7, 11) is 0. The molecule has 3 rings (SSSR count). The van der Waals surface area contributed by atoms with E-state index in [0.717, 1.165) is 41.3 Å². The van der Waals surface area contributed by atoms with E-state index in [1.54, 1.807) is 0 Å². The number of nitrogens with zero attached hydrogens (tertiary/aromatic N) is 3. The highest BCUT2D eigenvalue weighted by Gasteiger charge is 2.16. The standard InChI is InChI=1S/C8H9N5/c1-4-10-7-6-5(2-3-9-7)12-13-8(6)11-4/h2-3H2,1H3,(H2,9,10,11,12,13). The zero-order valence-corrected chi connectivity index (χ0v) is 7.26. The summed E-state index contributed by atoms with van der Waals surface area (Å²) in [6.07, 6.45) is 0.968. The Balaban J connectivity index is 2.47. The van der Waals surface area contributed by atoms with E-state index >= 15 is 0 Å². The van der Waals surface area contributed by atoms with Gasteiger partial charge in [-0.25, -0.2) is 9.97 Å². The number of hydrogen-bond acceptors (Lipinski definition) is 4. The first kappa shape index (κ1) is 6.82. The molecule has 0 spiro atoms. The molecule has 2 aromatic rings. The third-order valence-corrected chi connectivity index (χ3v) is 2.27. The predicted molar refractivity (Wildman–Crippen MR) is 48.6 cm³/mol. The predicted octanol–water partition coefficient (Wildman–Crippen LogP) is 0.629. The zero-order chi connectivity index (χ0) is 8.84. The van der Waals surface area contributed by atoms with Crippen LogP contribution in [0.1, 0.15) is 11.5 Å². The minimum Gasteiger partial charge on any atom is -0.369 e. The molecule has 0 fully saturated rings. The van der Waals surface area contributed by atoms with Gasteiger partial charge in [0.05, 0.1) is 11.1 Å². The van der Waals surface area contributed by atoms with Gasteiger partial charge in [0.15, 0.2) is 5.65 Å². The van der Waals surface area contributed by atoms with Crippen LogP contribution in [0.25, 0.3) is 11.0 Å². The van der Waals surface area contributed by atoms with E-state index < -0.39 is 0 Å². The van der Waals surface area contributed by atoms with Crippen LogP contribution >= 0.6 is 0 Å². The van der Waals surface area contributed by atoms with Crippen molar-refractivity contribution in [3.05, 3.63) is 11.5 Å². The Morgan fingerprint density at radius 1 is 1.31 bits per heavy atom. The molecule has 0 aliphatic carbocycles. The summed E-state index contributed by atoms with van der Waals surface area (Å²) in [5.41, 5.74) is 1.91. The van der Waals surface area contributed by atoms with Crippen molar-refractivity contribution in [3.8, 4) is 0 Å². The van der Waals surface area contributed by atoms with Gasteiger partial charge in [0.25, 0.3) is 0 Å². The third-order valence-electron chi connectivity index (χ3n) is 2.27. The van der Waals surface area contributed by atoms with Crippen molar-refractivity contribution >= 4 is 16.9 Å². The second kappa shape index (κ2) is 2.18. The molecule has 2 N–H and O–H groups in total. The molecular weight excluding hydrogens is 166 g/mol. The van der Waals surface area contributed by atoms with E-state index in [1.165, 1.54) is 0 Å². The van der Waals surface area contributed by atoms with E-state index in [0.29, 0.717) is 0 Å². The molecule has 3 heterocycles. The molecule has 13 heavy (non-hydrogen) atoms. The Morgan fingerprint density at radius 3 is 3.15 bits per heavy atom. The van der Waals surface area contributed by atoms with Gasteiger partial charge in [-0.15, -0.1) is 0 Å². The van der Waals surface area contributed by atoms with Crippen LogP contribution in [0.3, 0.4) is 0 Å². The molecule has 5 heteroatoms. The second-order valence-corrected chi connectivity index (χ2v) is 3.20. The van der Waals surface area contributed by atoms with E-state index in [1.807, 2.05) is 6.92 Å². The van der Waals surface area contributed by atoms with Crippen LogP contribution in [0.15, 0.2) is 0 Å². The largest absolute Gasteiger partial charge is 0.369 e. The van der Waals surface area contributed by atoms with Crippen molar-refractivity contribution in [1.82, 2.24) is 20.2 Å². The second-order valence-electron chi connectivity index (χ2n) is 3.20. The monoisotopic (exact) mass is 175 g/mol. The average Bonchev–Trinajstić information content (AvgIpc) is 2.50. The fourth-order valence-electron chi connectivity index (χ4n) is 1.71. The Kier molecular flexibility index (Phi) is 1.15. The summed E-state index contributed by atoms with van der Waals surface area (Å²) in [6.45, 7) is 2.79. The number of rotatable bonds is 0. The van der Waals surface area contributed by atoms with Crippen LogP contribution in [0.2, 0.25) is 0 Å². The molecule has 66 valence electrons. The van der Waals surface area contributed by atoms with Crippen LogP contribution in [0.5, 0.6) is 0 Å². The van der Waals surface area contributed by atoms with Crippen molar-refractivity contribution in [1.29, 1.82) is 0 Å². The maximum atomic E-state index is 4.32. The van der Waals surface area contributed by atoms with Gasteiger partial charge in [0.2, 0.25) is 0 Å². The van der Waals surface area contributed by atoms with Crippen LogP contribution < -0.4 is 5.32 Å². The van der Waals surface area contributed by atoms with Crippen molar-refractivity contribution in [3.63, 3.8) is 0 Å². The highest BCUT2D eigenvalue weighted by atomic mass is 15.2. The van der Waals surface area contributed by atoms with E-state index in [4.69, 9.17) is 0 Å². The maximum Gasteiger partial charge on any atom is 0.186 e. The van der Waals surface area contributed by atoms with E-state index in [9.17, 15) is 0 Å². The summed E-state index contributed by atoms with van der Waals surface area (Å²) < 4.78 is 0. The van der Waals surface area contributed by atoms with Gasteiger partial charge in [-0.2, -0.15) is 5.10 Å². The molecule has 1 aliphatic rings. The Bertz CT molecular complexity index is 473. The number of aromatic nitrogens is 4. The quantitative estimate of drug-likeness (QED) is 0.616. The van der Waals surface area contributed by atoms with Gasteiger partial charge in [0, 0.05) is 13.0 Å². The highest BCUT2D eigenvalue weighted by Crippen LogP contribution is 2.25. The summed E-state index contributed by atoms with van der Waals surface area (Å²) in [5.74, 6) is 1.67. The molecule has 0 aromatic carbocycles. The molecule has 0 bridgehead atoms. The Hall–Kier alpha value is -1.65. The van der Waals surface area contributed by atoms with Gasteiger partial charge in [0.1, 0.15) is 11.6 Å². The molecule has 0 atom stereocenters. The van der Waals surface area contributed by atoms with Crippen molar-refractivity contribution in [2.45, 2.75) is 13.3 Å². The smallest absolute Gasteiger partial charge is 0.186 e. The van der Waals surface area contributed by atoms with Gasteiger partial charge in [-0.3, -0.25) is 5.10 Å². The molecule has 1 aliphatic heterocycles. The number of anilines is 1. The third kappa shape index (κ3) is 0.838. The van der Waals surface area contributed by atoms with Crippen LogP contribution in [0.4, 0.5) is 5.82 Å². The first-order valence-electron chi connectivity index (χ1n) is 4.30. The van der Waals surface area contributed by atoms with Gasteiger partial charge < -0.3 is 5.32 Å². The lowest BCUT2D eigenvalue weighted by molar-refractivity contribution is 0.922. The van der Waals surface area contributed by atoms with Crippen LogP contribution in [0, 0.1) is 6.92 Å². The Labute approximate surface area is 74.6 Å². The molecule has 0 saturated heterocycles. The first-order valence-corrected chi connectivity index (χ1v) is 4.30. The van der Waals surface area contributed by atoms with Crippen molar-refractivity contribution in [2.24, 2.45) is 0 Å². The number of H-pyrrole nitrogens is 1. The number of hydrogen-bond donors (Lipinski definition) is 2. The molecule has 0 amide bonds. The summed E-state index contributed by atoms with van der Waals surface area (Å²) in [6, 6.07) is 0. The normalized spacial score (nSPS) is 14.5. The van der Waals surface area contributed by atoms with Gasteiger partial charge >= 0.3 is 0 Å². The molecule has 5 nitrogen and oxygen atoms in total. The van der Waals surface area contributed by atoms with Crippen LogP contribution in [-0.4, -0.2) is 26.7 Å². The summed E-state index contributed by atoms with van der Waals surface area (Å²) in [5, 5.41) is 11.4. The molecular formula is C8H9N5. The number of aryl methyl sites for hydroxylation is 1. The lowest BCUT2D eigenvalue weighted by atomic mass is 10.1. The van der Waals surface area contributed by atoms with E-state index in [-0.39, 0.29) is 0 Å². The number of nitrogens with one attached hydrogen (secondary N) is 2. The average molecular weight is 175 g/mol. The van der Waals surface area contributed by atoms with Gasteiger partial charge in [-0.05, 0) is 6.92 Å². The minimum atomic E-state index is 0.759. The number of aromatic amines is 1. The summed E-state index contributed by atoms with van der Waals surface area (Å²) in [4.78, 5) is 8.57. The fourth-order valence-corrected chi connectivity index (χ4v) is 1.71. The molecule has 0 unspecified atom stereocenters. The topological polar surface area (TPSA) is 66.5 Å². The minimum absolute atomic E-state index is 0.759. The first-order chi connectivity index (χ1) is 6.34. The molecule has 0 radical (unpaired) electrons. The SMILES string of the molecule is Cc1nc2c3c([nH]nc3n1)CCN2. The zero-order valence-electron chi connectivity index (χ0n) is 7.26. The molecule has 2 aromatic heterocycles. The maximum absolute atomic E-state index is 4.32. The molecule has 0 saturated carbocycles. The lowest BCUT2D eigenvalue weighted by Gasteiger charge is -2.12. The van der Waals surface area contributed by atoms with E-state index in [2.05, 4.69) is 25.5 Å². The Morgan fingerprint density at radius 2 is 2.23 bits per heavy atom. The van der Waals surface area contributed by atoms with Gasteiger partial charge in [-0.1, -0.05) is 0 Å². The van der Waals surface area contributed by atoms with Crippen LogP contribution in [-0.2, 0) is 6.42 Å². The van der Waals surface area contributed by atoms with Crippen molar-refractivity contribution < 1.29 is 0 Å². The summed E-state index contributed by atoms with van der Waals surface area (Å²) >= 11 is 0. The fraction of sp³-hybridized carbons (Fsp3) is 0.375. The highest BCUT2D eigenvalue weighted by molar-refractivity contribution is 5.90. The lowest BCUT2D eigenvalue weighted by Crippen LogP contribution is -2.13.